The average molecular weight is 353 g/mol. The highest BCUT2D eigenvalue weighted by Crippen LogP contribution is 2.22. The van der Waals surface area contributed by atoms with Crippen molar-refractivity contribution in [2.24, 2.45) is 5.92 Å². The Labute approximate surface area is 155 Å². The highest BCUT2D eigenvalue weighted by molar-refractivity contribution is 6.03. The van der Waals surface area contributed by atoms with Crippen molar-refractivity contribution in [3.8, 4) is 0 Å². The number of carbonyl (C=O) groups excluding carboxylic acids is 1. The van der Waals surface area contributed by atoms with E-state index in [9.17, 15) is 4.79 Å². The molecule has 1 aromatic heterocycles. The standard InChI is InChI=1S/C20H27N5O/c1-15(2)12-21-20-22-13-16(14-23-20)19(26)24-17-6-8-18(9-7-17)25-10-4-3-5-11-25/h6-9,13-15H,3-5,10-12H2,1-2H3,(H,24,26)(H,21,22,23). The maximum Gasteiger partial charge on any atom is 0.258 e. The predicted molar refractivity (Wildman–Crippen MR) is 106 cm³/mol. The number of piperidine rings is 1. The largest absolute Gasteiger partial charge is 0.372 e. The Hall–Kier alpha value is -2.63. The van der Waals surface area contributed by atoms with E-state index < -0.39 is 0 Å². The van der Waals surface area contributed by atoms with E-state index in [1.807, 2.05) is 12.1 Å². The van der Waals surface area contributed by atoms with Crippen molar-refractivity contribution < 1.29 is 4.79 Å². The summed E-state index contributed by atoms with van der Waals surface area (Å²) < 4.78 is 0. The van der Waals surface area contributed by atoms with Crippen molar-refractivity contribution >= 4 is 23.2 Å². The summed E-state index contributed by atoms with van der Waals surface area (Å²) in [5.41, 5.74) is 2.43. The molecule has 0 saturated carbocycles. The van der Waals surface area contributed by atoms with Gasteiger partial charge >= 0.3 is 0 Å². The van der Waals surface area contributed by atoms with Gasteiger partial charge in [0, 0.05) is 43.4 Å². The fourth-order valence-corrected chi connectivity index (χ4v) is 2.94. The van der Waals surface area contributed by atoms with E-state index in [2.05, 4.69) is 51.5 Å². The monoisotopic (exact) mass is 353 g/mol. The lowest BCUT2D eigenvalue weighted by atomic mass is 10.1. The summed E-state index contributed by atoms with van der Waals surface area (Å²) in [5.74, 6) is 0.849. The number of carbonyl (C=O) groups is 1. The van der Waals surface area contributed by atoms with Gasteiger partial charge in [0.15, 0.2) is 0 Å². The zero-order chi connectivity index (χ0) is 18.4. The molecule has 1 fully saturated rings. The lowest BCUT2D eigenvalue weighted by Crippen LogP contribution is -2.29. The van der Waals surface area contributed by atoms with E-state index >= 15 is 0 Å². The number of anilines is 3. The zero-order valence-electron chi connectivity index (χ0n) is 15.5. The van der Waals surface area contributed by atoms with Crippen LogP contribution in [0.5, 0.6) is 0 Å². The van der Waals surface area contributed by atoms with Crippen LogP contribution in [0.1, 0.15) is 43.5 Å². The van der Waals surface area contributed by atoms with E-state index in [0.717, 1.165) is 25.3 Å². The van der Waals surface area contributed by atoms with E-state index in [0.29, 0.717) is 17.4 Å². The molecule has 6 heteroatoms. The van der Waals surface area contributed by atoms with E-state index in [1.165, 1.54) is 24.9 Å². The van der Waals surface area contributed by atoms with Gasteiger partial charge in [0.2, 0.25) is 5.95 Å². The number of nitrogens with zero attached hydrogens (tertiary/aromatic N) is 3. The maximum absolute atomic E-state index is 12.4. The second-order valence-electron chi connectivity index (χ2n) is 7.12. The molecule has 0 radical (unpaired) electrons. The van der Waals surface area contributed by atoms with E-state index in [1.54, 1.807) is 12.4 Å². The minimum atomic E-state index is -0.203. The molecule has 0 atom stereocenters. The van der Waals surface area contributed by atoms with Crippen molar-refractivity contribution in [2.45, 2.75) is 33.1 Å². The molecule has 1 saturated heterocycles. The first-order valence-electron chi connectivity index (χ1n) is 9.34. The van der Waals surface area contributed by atoms with Crippen molar-refractivity contribution in [3.05, 3.63) is 42.2 Å². The first-order chi connectivity index (χ1) is 12.6. The minimum Gasteiger partial charge on any atom is -0.372 e. The van der Waals surface area contributed by atoms with Crippen LogP contribution >= 0.6 is 0 Å². The normalized spacial score (nSPS) is 14.3. The van der Waals surface area contributed by atoms with E-state index in [-0.39, 0.29) is 5.91 Å². The van der Waals surface area contributed by atoms with Crippen molar-refractivity contribution in [2.75, 3.05) is 35.2 Å². The third kappa shape index (κ3) is 4.94. The Morgan fingerprint density at radius 2 is 1.73 bits per heavy atom. The van der Waals surface area contributed by atoms with Crippen molar-refractivity contribution in [1.29, 1.82) is 0 Å². The predicted octanol–water partition coefficient (Wildman–Crippen LogP) is 3.79. The fraction of sp³-hybridized carbons (Fsp3) is 0.450. The molecule has 1 aromatic carbocycles. The van der Waals surface area contributed by atoms with Crippen LogP contribution in [0.3, 0.4) is 0 Å². The van der Waals surface area contributed by atoms with Crippen LogP contribution < -0.4 is 15.5 Å². The number of hydrogen-bond donors (Lipinski definition) is 2. The summed E-state index contributed by atoms with van der Waals surface area (Å²) in [6, 6.07) is 8.02. The Morgan fingerprint density at radius 1 is 1.08 bits per heavy atom. The van der Waals surface area contributed by atoms with Gasteiger partial charge in [-0.15, -0.1) is 0 Å². The molecule has 1 amide bonds. The second kappa shape index (κ2) is 8.65. The average Bonchev–Trinajstić information content (AvgIpc) is 2.68. The Morgan fingerprint density at radius 3 is 2.35 bits per heavy atom. The zero-order valence-corrected chi connectivity index (χ0v) is 15.5. The van der Waals surface area contributed by atoms with Crippen molar-refractivity contribution in [3.63, 3.8) is 0 Å². The molecule has 26 heavy (non-hydrogen) atoms. The highest BCUT2D eigenvalue weighted by atomic mass is 16.1. The van der Waals surface area contributed by atoms with E-state index in [4.69, 9.17) is 0 Å². The molecule has 2 aromatic rings. The molecule has 6 nitrogen and oxygen atoms in total. The van der Waals surface area contributed by atoms with Crippen LogP contribution in [0.25, 0.3) is 0 Å². The highest BCUT2D eigenvalue weighted by Gasteiger charge is 2.12. The first-order valence-corrected chi connectivity index (χ1v) is 9.34. The van der Waals surface area contributed by atoms with Gasteiger partial charge in [-0.3, -0.25) is 4.79 Å². The Bertz CT molecular complexity index is 706. The molecule has 2 heterocycles. The molecule has 0 bridgehead atoms. The van der Waals surface area contributed by atoms with Gasteiger partial charge in [-0.05, 0) is 49.4 Å². The summed E-state index contributed by atoms with van der Waals surface area (Å²) in [5, 5.41) is 6.04. The molecule has 2 N–H and O–H groups in total. The second-order valence-corrected chi connectivity index (χ2v) is 7.12. The number of aromatic nitrogens is 2. The summed E-state index contributed by atoms with van der Waals surface area (Å²) in [6.45, 7) is 7.26. The van der Waals surface area contributed by atoms with Gasteiger partial charge in [-0.2, -0.15) is 0 Å². The SMILES string of the molecule is CC(C)CNc1ncc(C(=O)Nc2ccc(N3CCCCC3)cc2)cn1. The third-order valence-electron chi connectivity index (χ3n) is 4.43. The van der Waals surface area contributed by atoms with Gasteiger partial charge in [0.1, 0.15) is 0 Å². The van der Waals surface area contributed by atoms with Crippen LogP contribution in [-0.4, -0.2) is 35.5 Å². The maximum atomic E-state index is 12.4. The summed E-state index contributed by atoms with van der Waals surface area (Å²) in [6.07, 6.45) is 6.92. The van der Waals surface area contributed by atoms with Crippen LogP contribution in [0.4, 0.5) is 17.3 Å². The third-order valence-corrected chi connectivity index (χ3v) is 4.43. The number of hydrogen-bond acceptors (Lipinski definition) is 5. The lowest BCUT2D eigenvalue weighted by molar-refractivity contribution is 0.102. The van der Waals surface area contributed by atoms with Gasteiger partial charge in [-0.1, -0.05) is 13.8 Å². The molecule has 1 aliphatic rings. The Kier molecular flexibility index (Phi) is 6.04. The molecule has 0 spiro atoms. The Balaban J connectivity index is 1.57. The molecule has 3 rings (SSSR count). The summed E-state index contributed by atoms with van der Waals surface area (Å²) in [7, 11) is 0. The summed E-state index contributed by atoms with van der Waals surface area (Å²) in [4.78, 5) is 23.1. The first kappa shape index (κ1) is 18.2. The topological polar surface area (TPSA) is 70.2 Å². The van der Waals surface area contributed by atoms with Crippen LogP contribution in [-0.2, 0) is 0 Å². The summed E-state index contributed by atoms with van der Waals surface area (Å²) >= 11 is 0. The number of amides is 1. The van der Waals surface area contributed by atoms with Gasteiger partial charge < -0.3 is 15.5 Å². The molecule has 0 unspecified atom stereocenters. The van der Waals surface area contributed by atoms with Crippen LogP contribution in [0, 0.1) is 5.92 Å². The quantitative estimate of drug-likeness (QED) is 0.827. The van der Waals surface area contributed by atoms with Gasteiger partial charge in [0.05, 0.1) is 5.56 Å². The molecule has 0 aliphatic carbocycles. The molecular formula is C20H27N5O. The molecule has 1 aliphatic heterocycles. The lowest BCUT2D eigenvalue weighted by Gasteiger charge is -2.28. The smallest absolute Gasteiger partial charge is 0.258 e. The van der Waals surface area contributed by atoms with Gasteiger partial charge in [0.25, 0.3) is 5.91 Å². The molecular weight excluding hydrogens is 326 g/mol. The van der Waals surface area contributed by atoms with Gasteiger partial charge in [-0.25, -0.2) is 9.97 Å². The molecule has 138 valence electrons. The van der Waals surface area contributed by atoms with Crippen LogP contribution in [0.15, 0.2) is 36.7 Å². The number of rotatable bonds is 6. The fourth-order valence-electron chi connectivity index (χ4n) is 2.94. The van der Waals surface area contributed by atoms with Crippen molar-refractivity contribution in [1.82, 2.24) is 9.97 Å². The van der Waals surface area contributed by atoms with Crippen LogP contribution in [0.2, 0.25) is 0 Å². The number of nitrogens with one attached hydrogen (secondary N) is 2. The minimum absolute atomic E-state index is 0.203. The number of benzene rings is 1.